The summed E-state index contributed by atoms with van der Waals surface area (Å²) in [7, 11) is -2.99. The fourth-order valence-electron chi connectivity index (χ4n) is 4.46. The summed E-state index contributed by atoms with van der Waals surface area (Å²) in [6.07, 6.45) is 4.75. The number of furan rings is 1. The van der Waals surface area contributed by atoms with Gasteiger partial charge in [0, 0.05) is 41.6 Å². The van der Waals surface area contributed by atoms with Crippen LogP contribution in [0.15, 0.2) is 47.1 Å². The van der Waals surface area contributed by atoms with Crippen LogP contribution in [0.2, 0.25) is 5.02 Å². The number of halogens is 1. The van der Waals surface area contributed by atoms with E-state index in [1.54, 1.807) is 12.4 Å². The summed E-state index contributed by atoms with van der Waals surface area (Å²) in [4.78, 5) is 24.4. The number of rotatable bonds is 6. The van der Waals surface area contributed by atoms with Gasteiger partial charge in [0.25, 0.3) is 0 Å². The summed E-state index contributed by atoms with van der Waals surface area (Å²) in [5.74, 6) is 1.91. The Hall–Kier alpha value is -2.91. The number of hydrogen-bond donors (Lipinski definition) is 1. The van der Waals surface area contributed by atoms with Crippen molar-refractivity contribution in [3.05, 3.63) is 76.0 Å². The molecule has 3 heterocycles. The van der Waals surface area contributed by atoms with Gasteiger partial charge in [-0.25, -0.2) is 18.4 Å². The van der Waals surface area contributed by atoms with Crippen molar-refractivity contribution in [3.63, 3.8) is 0 Å². The average Bonchev–Trinajstić information content (AvgIpc) is 3.53. The number of benzene rings is 1. The van der Waals surface area contributed by atoms with Gasteiger partial charge in [-0.2, -0.15) is 0 Å². The lowest BCUT2D eigenvalue weighted by molar-refractivity contribution is -0.124. The molecule has 1 saturated heterocycles. The Morgan fingerprint density at radius 3 is 2.37 bits per heavy atom. The van der Waals surface area contributed by atoms with E-state index in [1.165, 1.54) is 0 Å². The Morgan fingerprint density at radius 1 is 1.11 bits per heavy atom. The number of carbonyl (C=O) groups excluding carboxylic acids is 1. The Labute approximate surface area is 209 Å². The first-order valence-electron chi connectivity index (χ1n) is 11.6. The van der Waals surface area contributed by atoms with Crippen LogP contribution in [0.5, 0.6) is 0 Å². The second kappa shape index (κ2) is 8.95. The monoisotopic (exact) mass is 514 g/mol. The van der Waals surface area contributed by atoms with Crippen molar-refractivity contribution < 1.29 is 17.6 Å². The summed E-state index contributed by atoms with van der Waals surface area (Å²) in [6, 6.07) is 8.93. The molecule has 1 saturated carbocycles. The quantitative estimate of drug-likeness (QED) is 0.536. The maximum Gasteiger partial charge on any atom is 0.231 e. The predicted molar refractivity (Wildman–Crippen MR) is 133 cm³/mol. The van der Waals surface area contributed by atoms with Crippen molar-refractivity contribution in [2.24, 2.45) is 0 Å². The van der Waals surface area contributed by atoms with Crippen molar-refractivity contribution in [3.8, 4) is 0 Å². The van der Waals surface area contributed by atoms with Crippen LogP contribution in [0, 0.1) is 13.8 Å². The van der Waals surface area contributed by atoms with E-state index in [0.29, 0.717) is 42.7 Å². The molecule has 2 fully saturated rings. The van der Waals surface area contributed by atoms with Crippen LogP contribution in [0.3, 0.4) is 0 Å². The van der Waals surface area contributed by atoms with Gasteiger partial charge in [0.1, 0.15) is 17.6 Å². The van der Waals surface area contributed by atoms with Crippen LogP contribution in [-0.4, -0.2) is 48.9 Å². The van der Waals surface area contributed by atoms with Crippen molar-refractivity contribution in [1.82, 2.24) is 15.3 Å². The molecule has 2 aliphatic rings. The molecule has 184 valence electrons. The molecule has 35 heavy (non-hydrogen) atoms. The number of amides is 1. The lowest BCUT2D eigenvalue weighted by Crippen LogP contribution is -2.41. The Morgan fingerprint density at radius 2 is 1.80 bits per heavy atom. The molecule has 1 amide bonds. The molecular weight excluding hydrogens is 488 g/mol. The van der Waals surface area contributed by atoms with Crippen LogP contribution >= 0.6 is 11.6 Å². The fraction of sp³-hybridized carbons (Fsp3) is 0.400. The summed E-state index contributed by atoms with van der Waals surface area (Å²) in [5, 5.41) is 3.72. The average molecular weight is 515 g/mol. The highest BCUT2D eigenvalue weighted by atomic mass is 35.5. The van der Waals surface area contributed by atoms with E-state index in [4.69, 9.17) is 16.0 Å². The van der Waals surface area contributed by atoms with Gasteiger partial charge >= 0.3 is 0 Å². The zero-order valence-electron chi connectivity index (χ0n) is 19.6. The van der Waals surface area contributed by atoms with Gasteiger partial charge < -0.3 is 14.6 Å². The number of carbonyl (C=O) groups is 1. The summed E-state index contributed by atoms with van der Waals surface area (Å²) in [6.45, 7) is 4.56. The van der Waals surface area contributed by atoms with Crippen LogP contribution in [-0.2, 0) is 20.0 Å². The van der Waals surface area contributed by atoms with Crippen LogP contribution in [0.25, 0.3) is 0 Å². The van der Waals surface area contributed by atoms with Gasteiger partial charge in [0.15, 0.2) is 9.84 Å². The Kier molecular flexibility index (Phi) is 6.09. The highest BCUT2D eigenvalue weighted by molar-refractivity contribution is 7.91. The van der Waals surface area contributed by atoms with Crippen LogP contribution in [0.1, 0.15) is 47.1 Å². The second-order valence-electron chi connectivity index (χ2n) is 9.37. The zero-order chi connectivity index (χ0) is 24.8. The van der Waals surface area contributed by atoms with Gasteiger partial charge in [-0.3, -0.25) is 4.79 Å². The molecular formula is C25H27ClN4O4S. The lowest BCUT2D eigenvalue weighted by atomic mass is 9.96. The van der Waals surface area contributed by atoms with E-state index in [2.05, 4.69) is 15.3 Å². The van der Waals surface area contributed by atoms with Crippen molar-refractivity contribution in [1.29, 1.82) is 0 Å². The van der Waals surface area contributed by atoms with Crippen LogP contribution in [0.4, 0.5) is 5.95 Å². The first-order chi connectivity index (χ1) is 16.7. The molecule has 3 aromatic rings. The van der Waals surface area contributed by atoms with Crippen LogP contribution < -0.4 is 10.2 Å². The normalized spacial score (nSPS) is 19.2. The zero-order valence-corrected chi connectivity index (χ0v) is 21.2. The number of nitrogens with zero attached hydrogens (tertiary/aromatic N) is 3. The third-order valence-electron chi connectivity index (χ3n) is 6.79. The number of anilines is 1. The van der Waals surface area contributed by atoms with Gasteiger partial charge in [-0.15, -0.1) is 0 Å². The molecule has 2 aromatic heterocycles. The first-order valence-corrected chi connectivity index (χ1v) is 13.8. The van der Waals surface area contributed by atoms with Gasteiger partial charge in [-0.1, -0.05) is 23.7 Å². The minimum atomic E-state index is -2.99. The highest BCUT2D eigenvalue weighted by Crippen LogP contribution is 2.49. The molecule has 0 bridgehead atoms. The molecule has 1 atom stereocenters. The van der Waals surface area contributed by atoms with Crippen molar-refractivity contribution in [2.45, 2.75) is 38.1 Å². The van der Waals surface area contributed by atoms with Gasteiger partial charge in [0.2, 0.25) is 11.9 Å². The molecule has 10 heteroatoms. The summed E-state index contributed by atoms with van der Waals surface area (Å²) >= 11 is 6.56. The molecule has 0 radical (unpaired) electrons. The molecule has 1 aliphatic carbocycles. The van der Waals surface area contributed by atoms with E-state index in [-0.39, 0.29) is 17.4 Å². The van der Waals surface area contributed by atoms with E-state index in [9.17, 15) is 13.2 Å². The molecule has 1 aromatic carbocycles. The van der Waals surface area contributed by atoms with E-state index in [1.807, 2.05) is 49.1 Å². The fourth-order valence-corrected chi connectivity index (χ4v) is 6.01. The van der Waals surface area contributed by atoms with E-state index >= 15 is 0 Å². The molecule has 1 N–H and O–H groups in total. The molecule has 1 unspecified atom stereocenters. The summed E-state index contributed by atoms with van der Waals surface area (Å²) in [5.41, 5.74) is 1.83. The van der Waals surface area contributed by atoms with Crippen molar-refractivity contribution >= 4 is 33.3 Å². The Balaban J connectivity index is 1.37. The number of aromatic nitrogens is 2. The van der Waals surface area contributed by atoms with E-state index in [0.717, 1.165) is 22.5 Å². The first kappa shape index (κ1) is 23.8. The number of sulfone groups is 1. The van der Waals surface area contributed by atoms with E-state index < -0.39 is 21.3 Å². The minimum absolute atomic E-state index is 0.0969. The third-order valence-corrected chi connectivity index (χ3v) is 8.73. The number of hydrogen-bond acceptors (Lipinski definition) is 7. The lowest BCUT2D eigenvalue weighted by Gasteiger charge is -2.27. The second-order valence-corrected chi connectivity index (χ2v) is 12.1. The van der Waals surface area contributed by atoms with Gasteiger partial charge in [0.05, 0.1) is 16.9 Å². The maximum atomic E-state index is 13.6. The van der Waals surface area contributed by atoms with Gasteiger partial charge in [-0.05, 0) is 50.5 Å². The third kappa shape index (κ3) is 4.79. The predicted octanol–water partition coefficient (Wildman–Crippen LogP) is 3.51. The topological polar surface area (TPSA) is 105 Å². The SMILES string of the molecule is Cc1ccc(C(NC(=O)C2(c3cnc(N4CCS(=O)(=O)CC4)nc3)CC2)c2ccc(C)o2)c(Cl)c1. The standard InChI is InChI=1S/C25H27ClN4O4S/c1-16-3-5-19(20(26)13-16)22(21-6-4-17(2)34-21)29-23(31)25(7-8-25)18-14-27-24(28-15-18)30-9-11-35(32,33)12-10-30/h3-6,13-15,22H,7-12H2,1-2H3,(H,29,31). The summed E-state index contributed by atoms with van der Waals surface area (Å²) < 4.78 is 29.3. The largest absolute Gasteiger partial charge is 0.464 e. The molecule has 0 spiro atoms. The maximum absolute atomic E-state index is 13.6. The molecule has 8 nitrogen and oxygen atoms in total. The number of aryl methyl sites for hydroxylation is 2. The molecule has 1 aliphatic heterocycles. The highest BCUT2D eigenvalue weighted by Gasteiger charge is 2.52. The van der Waals surface area contributed by atoms with Crippen molar-refractivity contribution in [2.75, 3.05) is 29.5 Å². The molecule has 5 rings (SSSR count). The number of nitrogens with one attached hydrogen (secondary N) is 1. The smallest absolute Gasteiger partial charge is 0.231 e. The Bertz CT molecular complexity index is 1350. The minimum Gasteiger partial charge on any atom is -0.464 e.